The molecule has 0 N–H and O–H groups in total. The summed E-state index contributed by atoms with van der Waals surface area (Å²) in [6.45, 7) is 0. The summed E-state index contributed by atoms with van der Waals surface area (Å²) in [7, 11) is 0. The fraction of sp³-hybridized carbons (Fsp3) is 0. The molecule has 7 nitrogen and oxygen atoms in total. The normalized spacial score (nSPS) is 11.8. The summed E-state index contributed by atoms with van der Waals surface area (Å²) in [5, 5.41) is 6.18. The zero-order chi connectivity index (χ0) is 36.6. The van der Waals surface area contributed by atoms with Crippen molar-refractivity contribution in [1.82, 2.24) is 9.13 Å². The average molecular weight is 712 g/mol. The second-order valence-electron chi connectivity index (χ2n) is 13.7. The zero-order valence-electron chi connectivity index (χ0n) is 29.2. The Balaban J connectivity index is 1.11. The molecule has 0 aliphatic heterocycles. The standard InChI is InChI=1S/C48H29N3O4/c52-47-24-16-30-14-18-35(28-45(30)54-47)50-41-12-6-4-10-37(41)39-26-33(20-22-43(39)50)49(32-8-2-1-3-9-32)34-21-23-44-40(27-34)38-11-5-7-13-42(38)51(44)36-19-15-31-17-25-48(53)55-46(31)29-36/h1-29H. The fourth-order valence-electron chi connectivity index (χ4n) is 8.16. The van der Waals surface area contributed by atoms with E-state index in [-0.39, 0.29) is 11.3 Å². The van der Waals surface area contributed by atoms with E-state index in [1.807, 2.05) is 30.3 Å². The first-order valence-electron chi connectivity index (χ1n) is 18.1. The van der Waals surface area contributed by atoms with Gasteiger partial charge < -0.3 is 22.9 Å². The number of nitrogens with zero attached hydrogens (tertiary/aromatic N) is 3. The number of rotatable bonds is 5. The van der Waals surface area contributed by atoms with Crippen molar-refractivity contribution in [3.05, 3.63) is 197 Å². The van der Waals surface area contributed by atoms with Gasteiger partial charge in [-0.05, 0) is 97.1 Å². The van der Waals surface area contributed by atoms with Crippen molar-refractivity contribution >= 4 is 82.6 Å². The van der Waals surface area contributed by atoms with Crippen molar-refractivity contribution in [3.63, 3.8) is 0 Å². The largest absolute Gasteiger partial charge is 0.423 e. The highest BCUT2D eigenvalue weighted by Gasteiger charge is 2.20. The van der Waals surface area contributed by atoms with Crippen LogP contribution < -0.4 is 16.2 Å². The molecule has 0 bridgehead atoms. The summed E-state index contributed by atoms with van der Waals surface area (Å²) in [5.41, 5.74) is 9.43. The van der Waals surface area contributed by atoms with Gasteiger partial charge in [-0.25, -0.2) is 9.59 Å². The summed E-state index contributed by atoms with van der Waals surface area (Å²) in [4.78, 5) is 26.5. The van der Waals surface area contributed by atoms with Crippen LogP contribution in [0.5, 0.6) is 0 Å². The number of para-hydroxylation sites is 3. The van der Waals surface area contributed by atoms with Crippen LogP contribution in [0.15, 0.2) is 194 Å². The maximum absolute atomic E-state index is 12.1. The third kappa shape index (κ3) is 4.91. The molecule has 11 rings (SSSR count). The molecule has 55 heavy (non-hydrogen) atoms. The van der Waals surface area contributed by atoms with E-state index in [0.29, 0.717) is 11.2 Å². The van der Waals surface area contributed by atoms with Crippen molar-refractivity contribution in [1.29, 1.82) is 0 Å². The molecular weight excluding hydrogens is 683 g/mol. The predicted octanol–water partition coefficient (Wildman–Crippen LogP) is 11.6. The lowest BCUT2D eigenvalue weighted by molar-refractivity contribution is 0.560. The fourth-order valence-corrected chi connectivity index (χ4v) is 8.16. The van der Waals surface area contributed by atoms with Crippen molar-refractivity contribution in [2.24, 2.45) is 0 Å². The second-order valence-corrected chi connectivity index (χ2v) is 13.7. The van der Waals surface area contributed by atoms with E-state index in [4.69, 9.17) is 8.83 Å². The van der Waals surface area contributed by atoms with Crippen LogP contribution in [-0.2, 0) is 0 Å². The third-order valence-electron chi connectivity index (χ3n) is 10.6. The highest BCUT2D eigenvalue weighted by molar-refractivity contribution is 6.12. The molecular formula is C48H29N3O4. The number of anilines is 3. The second kappa shape index (κ2) is 11.9. The van der Waals surface area contributed by atoms with Crippen LogP contribution in [0.25, 0.3) is 76.9 Å². The van der Waals surface area contributed by atoms with E-state index in [0.717, 1.165) is 82.8 Å². The maximum atomic E-state index is 12.1. The average Bonchev–Trinajstić information content (AvgIpc) is 3.73. The minimum atomic E-state index is -0.371. The smallest absolute Gasteiger partial charge is 0.336 e. The number of fused-ring (bicyclic) bond motifs is 8. The van der Waals surface area contributed by atoms with Gasteiger partial charge in [0.25, 0.3) is 0 Å². The number of aromatic nitrogens is 2. The Hall–Kier alpha value is -7.64. The molecule has 4 aromatic heterocycles. The third-order valence-corrected chi connectivity index (χ3v) is 10.6. The minimum Gasteiger partial charge on any atom is -0.423 e. The first-order valence-corrected chi connectivity index (χ1v) is 18.1. The lowest BCUT2D eigenvalue weighted by Gasteiger charge is -2.26. The Labute approximate surface area is 312 Å². The van der Waals surface area contributed by atoms with Crippen LogP contribution >= 0.6 is 0 Å². The van der Waals surface area contributed by atoms with Crippen LogP contribution in [0.1, 0.15) is 0 Å². The molecule has 0 saturated heterocycles. The SMILES string of the molecule is O=c1ccc2ccc(-n3c4ccccc4c4cc(N(c5ccccc5)c5ccc6c(c5)c5ccccc5n6-c5ccc6ccc(=O)oc6c5)ccc43)cc2o1. The molecule has 0 amide bonds. The summed E-state index contributed by atoms with van der Waals surface area (Å²) in [6, 6.07) is 58.9. The molecule has 4 heterocycles. The van der Waals surface area contributed by atoms with Crippen molar-refractivity contribution in [2.45, 2.75) is 0 Å². The van der Waals surface area contributed by atoms with Gasteiger partial charge in [-0.1, -0.05) is 54.6 Å². The number of benzene rings is 7. The summed E-state index contributed by atoms with van der Waals surface area (Å²) < 4.78 is 15.6. The highest BCUT2D eigenvalue weighted by atomic mass is 16.4. The van der Waals surface area contributed by atoms with E-state index in [2.05, 4.69) is 135 Å². The molecule has 0 radical (unpaired) electrons. The molecule has 0 unspecified atom stereocenters. The highest BCUT2D eigenvalue weighted by Crippen LogP contribution is 2.42. The Kier molecular flexibility index (Phi) is 6.72. The first-order chi connectivity index (χ1) is 27.1. The molecule has 11 aromatic rings. The Morgan fingerprint density at radius 2 is 0.800 bits per heavy atom. The zero-order valence-corrected chi connectivity index (χ0v) is 29.2. The van der Waals surface area contributed by atoms with Gasteiger partial charge in [-0.2, -0.15) is 0 Å². The Morgan fingerprint density at radius 3 is 1.31 bits per heavy atom. The van der Waals surface area contributed by atoms with E-state index in [1.54, 1.807) is 12.1 Å². The van der Waals surface area contributed by atoms with Gasteiger partial charge >= 0.3 is 11.3 Å². The minimum absolute atomic E-state index is 0.371. The predicted molar refractivity (Wildman–Crippen MR) is 222 cm³/mol. The molecule has 0 atom stereocenters. The topological polar surface area (TPSA) is 73.5 Å². The summed E-state index contributed by atoms with van der Waals surface area (Å²) >= 11 is 0. The van der Waals surface area contributed by atoms with Crippen LogP contribution in [0.2, 0.25) is 0 Å². The van der Waals surface area contributed by atoms with E-state index in [1.165, 1.54) is 12.1 Å². The van der Waals surface area contributed by atoms with E-state index >= 15 is 0 Å². The monoisotopic (exact) mass is 711 g/mol. The van der Waals surface area contributed by atoms with Gasteiger partial charge in [0.1, 0.15) is 11.2 Å². The molecule has 260 valence electrons. The molecule has 0 aliphatic rings. The van der Waals surface area contributed by atoms with Gasteiger partial charge in [0.05, 0.1) is 22.1 Å². The first kappa shape index (κ1) is 30.9. The number of hydrogen-bond acceptors (Lipinski definition) is 5. The lowest BCUT2D eigenvalue weighted by Crippen LogP contribution is -2.09. The van der Waals surface area contributed by atoms with Gasteiger partial charge in [0.15, 0.2) is 0 Å². The van der Waals surface area contributed by atoms with Crippen LogP contribution in [0.4, 0.5) is 17.1 Å². The lowest BCUT2D eigenvalue weighted by atomic mass is 10.1. The summed E-state index contributed by atoms with van der Waals surface area (Å²) in [6.07, 6.45) is 0. The van der Waals surface area contributed by atoms with Crippen molar-refractivity contribution in [2.75, 3.05) is 4.90 Å². The van der Waals surface area contributed by atoms with Gasteiger partial charge in [0, 0.05) is 85.0 Å². The molecule has 7 aromatic carbocycles. The van der Waals surface area contributed by atoms with E-state index in [9.17, 15) is 9.59 Å². The molecule has 0 fully saturated rings. The Bertz CT molecular complexity index is 3230. The molecule has 0 aliphatic carbocycles. The van der Waals surface area contributed by atoms with Gasteiger partial charge in [-0.3, -0.25) is 0 Å². The maximum Gasteiger partial charge on any atom is 0.336 e. The quantitative estimate of drug-likeness (QED) is 0.166. The molecule has 7 heteroatoms. The Morgan fingerprint density at radius 1 is 0.364 bits per heavy atom. The van der Waals surface area contributed by atoms with Crippen LogP contribution in [-0.4, -0.2) is 9.13 Å². The van der Waals surface area contributed by atoms with Crippen LogP contribution in [0, 0.1) is 0 Å². The van der Waals surface area contributed by atoms with Crippen molar-refractivity contribution in [3.8, 4) is 11.4 Å². The summed E-state index contributed by atoms with van der Waals surface area (Å²) in [5.74, 6) is 0. The van der Waals surface area contributed by atoms with Crippen LogP contribution in [0.3, 0.4) is 0 Å². The van der Waals surface area contributed by atoms with E-state index < -0.39 is 0 Å². The molecule has 0 saturated carbocycles. The van der Waals surface area contributed by atoms with Crippen molar-refractivity contribution < 1.29 is 8.83 Å². The van der Waals surface area contributed by atoms with Gasteiger partial charge in [-0.15, -0.1) is 0 Å². The number of hydrogen-bond donors (Lipinski definition) is 0. The van der Waals surface area contributed by atoms with Gasteiger partial charge in [0.2, 0.25) is 0 Å². The molecule has 0 spiro atoms.